The van der Waals surface area contributed by atoms with E-state index in [1.807, 2.05) is 33.0 Å². The lowest BCUT2D eigenvalue weighted by Crippen LogP contribution is -2.34. The first-order valence-electron chi connectivity index (χ1n) is 8.67. The molecule has 142 valence electrons. The van der Waals surface area contributed by atoms with Crippen LogP contribution in [0.5, 0.6) is 0 Å². The third-order valence-electron chi connectivity index (χ3n) is 4.08. The highest BCUT2D eigenvalue weighted by Gasteiger charge is 2.11. The van der Waals surface area contributed by atoms with Crippen molar-refractivity contribution in [1.29, 1.82) is 0 Å². The molecular formula is C18H22ClN7O. The lowest BCUT2D eigenvalue weighted by molar-refractivity contribution is 0.254. The number of hydrogen-bond acceptors (Lipinski definition) is 5. The van der Waals surface area contributed by atoms with Crippen LogP contribution in [0.3, 0.4) is 0 Å². The van der Waals surface area contributed by atoms with E-state index in [1.165, 1.54) is 0 Å². The molecule has 8 nitrogen and oxygen atoms in total. The summed E-state index contributed by atoms with van der Waals surface area (Å²) in [5, 5.41) is 8.48. The summed E-state index contributed by atoms with van der Waals surface area (Å²) in [6.45, 7) is 5.99. The van der Waals surface area contributed by atoms with Gasteiger partial charge in [-0.25, -0.2) is 14.8 Å². The first-order chi connectivity index (χ1) is 12.9. The van der Waals surface area contributed by atoms with Gasteiger partial charge in [-0.1, -0.05) is 24.9 Å². The monoisotopic (exact) mass is 387 g/mol. The fourth-order valence-corrected chi connectivity index (χ4v) is 3.24. The Kier molecular flexibility index (Phi) is 5.46. The van der Waals surface area contributed by atoms with Crippen molar-refractivity contribution in [2.75, 3.05) is 10.7 Å². The largest absolute Gasteiger partial charge is 0.337 e. The van der Waals surface area contributed by atoms with Gasteiger partial charge >= 0.3 is 6.03 Å². The molecule has 3 N–H and O–H groups in total. The van der Waals surface area contributed by atoms with E-state index in [-0.39, 0.29) is 0 Å². The quantitative estimate of drug-likeness (QED) is 0.457. The summed E-state index contributed by atoms with van der Waals surface area (Å²) in [7, 11) is 1.84. The highest BCUT2D eigenvalue weighted by atomic mass is 35.5. The summed E-state index contributed by atoms with van der Waals surface area (Å²) in [6.07, 6.45) is 1.74. The van der Waals surface area contributed by atoms with E-state index in [0.717, 1.165) is 40.8 Å². The summed E-state index contributed by atoms with van der Waals surface area (Å²) in [5.74, 6) is 0.526. The van der Waals surface area contributed by atoms with Crippen LogP contribution in [0.2, 0.25) is 5.15 Å². The van der Waals surface area contributed by atoms with Crippen LogP contribution in [0.25, 0.3) is 11.0 Å². The molecule has 0 saturated heterocycles. The van der Waals surface area contributed by atoms with E-state index in [9.17, 15) is 4.79 Å². The first-order valence-corrected chi connectivity index (χ1v) is 9.05. The zero-order valence-corrected chi connectivity index (χ0v) is 16.5. The van der Waals surface area contributed by atoms with Gasteiger partial charge in [0.2, 0.25) is 0 Å². The van der Waals surface area contributed by atoms with E-state index in [4.69, 9.17) is 11.6 Å². The fourth-order valence-electron chi connectivity index (χ4n) is 3.01. The van der Waals surface area contributed by atoms with Crippen LogP contribution >= 0.6 is 11.6 Å². The summed E-state index contributed by atoms with van der Waals surface area (Å²) in [4.78, 5) is 20.9. The normalized spacial score (nSPS) is 10.9. The molecule has 0 aliphatic carbocycles. The predicted octanol–water partition coefficient (Wildman–Crippen LogP) is 3.73. The molecule has 0 spiro atoms. The van der Waals surface area contributed by atoms with Gasteiger partial charge in [0, 0.05) is 23.8 Å². The third-order valence-corrected chi connectivity index (χ3v) is 4.27. The average Bonchev–Trinajstić information content (AvgIpc) is 2.87. The second kappa shape index (κ2) is 7.79. The van der Waals surface area contributed by atoms with Gasteiger partial charge in [-0.3, -0.25) is 15.5 Å². The van der Waals surface area contributed by atoms with Gasteiger partial charge < -0.3 is 5.32 Å². The number of nitrogens with zero attached hydrogens (tertiary/aromatic N) is 4. The molecule has 3 aromatic heterocycles. The molecule has 0 aromatic carbocycles. The zero-order chi connectivity index (χ0) is 19.6. The highest BCUT2D eigenvalue weighted by Crippen LogP contribution is 2.22. The van der Waals surface area contributed by atoms with E-state index >= 15 is 0 Å². The van der Waals surface area contributed by atoms with Crippen molar-refractivity contribution >= 4 is 40.2 Å². The molecule has 2 amide bonds. The Morgan fingerprint density at radius 2 is 2.00 bits per heavy atom. The van der Waals surface area contributed by atoms with Crippen molar-refractivity contribution in [2.45, 2.75) is 33.6 Å². The van der Waals surface area contributed by atoms with Gasteiger partial charge in [-0.2, -0.15) is 5.10 Å². The molecule has 0 aliphatic rings. The molecule has 9 heteroatoms. The maximum absolute atomic E-state index is 12.2. The minimum absolute atomic E-state index is 0.346. The molecule has 0 atom stereocenters. The molecule has 27 heavy (non-hydrogen) atoms. The molecule has 3 heterocycles. The molecule has 0 radical (unpaired) electrons. The van der Waals surface area contributed by atoms with E-state index < -0.39 is 6.03 Å². The Morgan fingerprint density at radius 3 is 2.74 bits per heavy atom. The molecule has 0 aliphatic heterocycles. The molecular weight excluding hydrogens is 366 g/mol. The highest BCUT2D eigenvalue weighted by molar-refractivity contribution is 6.29. The number of nitrogens with one attached hydrogen (secondary N) is 3. The van der Waals surface area contributed by atoms with Crippen molar-refractivity contribution < 1.29 is 4.79 Å². The lowest BCUT2D eigenvalue weighted by atomic mass is 10.1. The van der Waals surface area contributed by atoms with Crippen LogP contribution in [0.1, 0.15) is 30.3 Å². The maximum atomic E-state index is 12.2. The fraction of sp³-hybridized carbons (Fsp3) is 0.333. The number of halogens is 1. The van der Waals surface area contributed by atoms with E-state index in [1.54, 1.807) is 10.7 Å². The number of rotatable bonds is 5. The number of carbonyl (C=O) groups is 1. The number of carbonyl (C=O) groups excluding carboxylic acids is 1. The van der Waals surface area contributed by atoms with Crippen molar-refractivity contribution in [1.82, 2.24) is 25.2 Å². The second-order valence-electron chi connectivity index (χ2n) is 6.36. The van der Waals surface area contributed by atoms with Crippen LogP contribution in [0.15, 0.2) is 18.2 Å². The SMILES string of the molecule is CCCc1cc(NC(=O)NNc2cc(C)c3c(C)nn(C)c3n2)cc(Cl)n1. The minimum Gasteiger partial charge on any atom is -0.306 e. The second-order valence-corrected chi connectivity index (χ2v) is 6.74. The van der Waals surface area contributed by atoms with Gasteiger partial charge in [0.25, 0.3) is 0 Å². The smallest absolute Gasteiger partial charge is 0.306 e. The van der Waals surface area contributed by atoms with Crippen LogP contribution in [0.4, 0.5) is 16.3 Å². The number of amides is 2. The molecule has 0 saturated carbocycles. The number of anilines is 2. The van der Waals surface area contributed by atoms with Crippen molar-refractivity contribution in [3.8, 4) is 0 Å². The van der Waals surface area contributed by atoms with Crippen LogP contribution in [0, 0.1) is 13.8 Å². The number of hydrazine groups is 1. The van der Waals surface area contributed by atoms with Crippen LogP contribution < -0.4 is 16.2 Å². The Bertz CT molecular complexity index is 999. The summed E-state index contributed by atoms with van der Waals surface area (Å²) in [5.41, 5.74) is 9.53. The Labute approximate surface area is 162 Å². The number of hydrogen-bond donors (Lipinski definition) is 3. The molecule has 3 rings (SSSR count). The molecule has 0 unspecified atom stereocenters. The number of fused-ring (bicyclic) bond motifs is 1. The molecule has 0 fully saturated rings. The van der Waals surface area contributed by atoms with Gasteiger partial charge in [-0.15, -0.1) is 0 Å². The number of aromatic nitrogens is 4. The molecule has 0 bridgehead atoms. The van der Waals surface area contributed by atoms with Gasteiger partial charge in [0.05, 0.1) is 5.69 Å². The summed E-state index contributed by atoms with van der Waals surface area (Å²) >= 11 is 6.02. The minimum atomic E-state index is -0.430. The number of urea groups is 1. The molecule has 3 aromatic rings. The van der Waals surface area contributed by atoms with Crippen molar-refractivity contribution in [3.05, 3.63) is 40.3 Å². The van der Waals surface area contributed by atoms with Crippen LogP contribution in [-0.4, -0.2) is 25.8 Å². The Hall–Kier alpha value is -2.87. The summed E-state index contributed by atoms with van der Waals surface area (Å²) in [6, 6.07) is 4.84. The first kappa shape index (κ1) is 18.9. The lowest BCUT2D eigenvalue weighted by Gasteiger charge is -2.11. The zero-order valence-electron chi connectivity index (χ0n) is 15.7. The van der Waals surface area contributed by atoms with Gasteiger partial charge in [0.15, 0.2) is 5.65 Å². The standard InChI is InChI=1S/C18H22ClN7O/c1-5-6-12-8-13(9-14(19)20-12)21-18(27)24-23-15-7-10(2)16-11(3)25-26(4)17(16)22-15/h7-9H,5-6H2,1-4H3,(H,22,23)(H2,20,21,24,27). The van der Waals surface area contributed by atoms with Crippen LogP contribution in [-0.2, 0) is 13.5 Å². The van der Waals surface area contributed by atoms with Crippen molar-refractivity contribution in [2.24, 2.45) is 7.05 Å². The topological polar surface area (TPSA) is 96.8 Å². The van der Waals surface area contributed by atoms with Gasteiger partial charge in [-0.05, 0) is 44.0 Å². The van der Waals surface area contributed by atoms with E-state index in [2.05, 4.69) is 38.2 Å². The number of pyridine rings is 2. The van der Waals surface area contributed by atoms with Crippen molar-refractivity contribution in [3.63, 3.8) is 0 Å². The summed E-state index contributed by atoms with van der Waals surface area (Å²) < 4.78 is 1.72. The number of aryl methyl sites for hydroxylation is 4. The van der Waals surface area contributed by atoms with Gasteiger partial charge in [0.1, 0.15) is 11.0 Å². The van der Waals surface area contributed by atoms with E-state index in [0.29, 0.717) is 16.7 Å². The Balaban J connectivity index is 1.69. The predicted molar refractivity (Wildman–Crippen MR) is 107 cm³/mol. The average molecular weight is 388 g/mol. The maximum Gasteiger partial charge on any atom is 0.337 e. The third kappa shape index (κ3) is 4.28. The Morgan fingerprint density at radius 1 is 1.22 bits per heavy atom.